The summed E-state index contributed by atoms with van der Waals surface area (Å²) >= 11 is 0. The molecule has 1 amide bonds. The lowest BCUT2D eigenvalue weighted by Gasteiger charge is -2.44. The second-order valence-electron chi connectivity index (χ2n) is 6.38. The van der Waals surface area contributed by atoms with Crippen molar-refractivity contribution in [1.29, 1.82) is 0 Å². The highest BCUT2D eigenvalue weighted by Gasteiger charge is 2.35. The Morgan fingerprint density at radius 1 is 1.33 bits per heavy atom. The number of likely N-dealkylation sites (tertiary alicyclic amines) is 1. The molecule has 4 nitrogen and oxygen atoms in total. The molecule has 1 aliphatic rings. The summed E-state index contributed by atoms with van der Waals surface area (Å²) in [5, 5.41) is 0. The smallest absolute Gasteiger partial charge is 0.221 e. The van der Waals surface area contributed by atoms with Gasteiger partial charge >= 0.3 is 0 Å². The average Bonchev–Trinajstić information content (AvgIpc) is 2.42. The summed E-state index contributed by atoms with van der Waals surface area (Å²) in [7, 11) is 0. The molecule has 0 saturated carbocycles. The van der Waals surface area contributed by atoms with Crippen molar-refractivity contribution < 1.29 is 4.79 Å². The van der Waals surface area contributed by atoms with Crippen LogP contribution >= 0.6 is 0 Å². The molecule has 4 atom stereocenters. The van der Waals surface area contributed by atoms with Gasteiger partial charge in [-0.25, -0.2) is 0 Å². The van der Waals surface area contributed by atoms with E-state index in [4.69, 9.17) is 11.5 Å². The minimum atomic E-state index is -0.194. The van der Waals surface area contributed by atoms with E-state index in [1.807, 2.05) is 13.0 Å². The summed E-state index contributed by atoms with van der Waals surface area (Å²) in [6, 6.07) is 8.90. The van der Waals surface area contributed by atoms with Crippen molar-refractivity contribution in [2.24, 2.45) is 17.4 Å². The van der Waals surface area contributed by atoms with Gasteiger partial charge in [0.2, 0.25) is 5.91 Å². The molecule has 0 aromatic heterocycles. The maximum Gasteiger partial charge on any atom is 0.221 e. The summed E-state index contributed by atoms with van der Waals surface area (Å²) in [6.07, 6.45) is 1.87. The first-order valence-corrected chi connectivity index (χ1v) is 7.78. The molecule has 4 unspecified atom stereocenters. The third kappa shape index (κ3) is 3.44. The molecule has 0 bridgehead atoms. The van der Waals surface area contributed by atoms with Crippen LogP contribution in [-0.2, 0) is 4.79 Å². The van der Waals surface area contributed by atoms with Gasteiger partial charge in [0.15, 0.2) is 0 Å². The molecule has 1 heterocycles. The van der Waals surface area contributed by atoms with Gasteiger partial charge in [0.1, 0.15) is 0 Å². The molecule has 0 radical (unpaired) electrons. The number of carbonyl (C=O) groups is 1. The van der Waals surface area contributed by atoms with Crippen LogP contribution in [0, 0.1) is 12.8 Å². The minimum absolute atomic E-state index is 0.000163. The largest absolute Gasteiger partial charge is 0.369 e. The first-order valence-electron chi connectivity index (χ1n) is 7.78. The lowest BCUT2D eigenvalue weighted by atomic mass is 9.87. The molecule has 116 valence electrons. The molecule has 0 spiro atoms. The Bertz CT molecular complexity index is 501. The number of nitrogens with zero attached hydrogens (tertiary/aromatic N) is 1. The van der Waals surface area contributed by atoms with Crippen LogP contribution in [0.25, 0.3) is 0 Å². The second-order valence-corrected chi connectivity index (χ2v) is 6.38. The highest BCUT2D eigenvalue weighted by Crippen LogP contribution is 2.33. The van der Waals surface area contributed by atoms with E-state index in [0.29, 0.717) is 12.6 Å². The summed E-state index contributed by atoms with van der Waals surface area (Å²) < 4.78 is 0. The zero-order valence-electron chi connectivity index (χ0n) is 13.3. The fourth-order valence-electron chi connectivity index (χ4n) is 3.44. The van der Waals surface area contributed by atoms with E-state index in [1.54, 1.807) is 0 Å². The first kappa shape index (κ1) is 16.0. The number of aryl methyl sites for hydroxylation is 1. The van der Waals surface area contributed by atoms with E-state index in [-0.39, 0.29) is 23.9 Å². The van der Waals surface area contributed by atoms with Crippen molar-refractivity contribution in [2.45, 2.75) is 51.7 Å². The van der Waals surface area contributed by atoms with Gasteiger partial charge in [-0.05, 0) is 44.7 Å². The summed E-state index contributed by atoms with van der Waals surface area (Å²) in [6.45, 7) is 7.07. The van der Waals surface area contributed by atoms with Crippen molar-refractivity contribution in [2.75, 3.05) is 6.54 Å². The van der Waals surface area contributed by atoms with E-state index in [2.05, 4.69) is 36.9 Å². The topological polar surface area (TPSA) is 72.3 Å². The van der Waals surface area contributed by atoms with E-state index in [0.717, 1.165) is 12.8 Å². The SMILES string of the molecule is Cc1ccccc1C(C(C)N)N1CC(C(N)=O)CCC1C. The van der Waals surface area contributed by atoms with Crippen LogP contribution in [0.1, 0.15) is 43.9 Å². The Balaban J connectivity index is 2.33. The van der Waals surface area contributed by atoms with Crippen molar-refractivity contribution in [3.63, 3.8) is 0 Å². The number of benzene rings is 1. The Kier molecular flexibility index (Phi) is 5.01. The molecule has 1 aliphatic heterocycles. The number of hydrogen-bond acceptors (Lipinski definition) is 3. The molecule has 1 aromatic carbocycles. The fraction of sp³-hybridized carbons (Fsp3) is 0.588. The predicted octanol–water partition coefficient (Wildman–Crippen LogP) is 1.97. The Morgan fingerprint density at radius 3 is 2.57 bits per heavy atom. The van der Waals surface area contributed by atoms with Crippen molar-refractivity contribution in [3.8, 4) is 0 Å². The van der Waals surface area contributed by atoms with E-state index < -0.39 is 0 Å². The maximum atomic E-state index is 11.6. The van der Waals surface area contributed by atoms with Gasteiger partial charge < -0.3 is 11.5 Å². The molecule has 1 fully saturated rings. The van der Waals surface area contributed by atoms with Crippen LogP contribution < -0.4 is 11.5 Å². The van der Waals surface area contributed by atoms with Crippen LogP contribution in [0.2, 0.25) is 0 Å². The number of primary amides is 1. The van der Waals surface area contributed by atoms with E-state index in [9.17, 15) is 4.79 Å². The zero-order valence-corrected chi connectivity index (χ0v) is 13.3. The maximum absolute atomic E-state index is 11.6. The Morgan fingerprint density at radius 2 is 2.00 bits per heavy atom. The third-order valence-electron chi connectivity index (χ3n) is 4.70. The van der Waals surface area contributed by atoms with Crippen LogP contribution in [0.5, 0.6) is 0 Å². The number of carbonyl (C=O) groups excluding carboxylic acids is 1. The van der Waals surface area contributed by atoms with E-state index in [1.165, 1.54) is 11.1 Å². The summed E-state index contributed by atoms with van der Waals surface area (Å²) in [5.41, 5.74) is 14.3. The monoisotopic (exact) mass is 289 g/mol. The van der Waals surface area contributed by atoms with Crippen LogP contribution in [0.4, 0.5) is 0 Å². The van der Waals surface area contributed by atoms with Crippen LogP contribution in [0.15, 0.2) is 24.3 Å². The molecular weight excluding hydrogens is 262 g/mol. The zero-order chi connectivity index (χ0) is 15.6. The van der Waals surface area contributed by atoms with Crippen LogP contribution in [0.3, 0.4) is 0 Å². The number of hydrogen-bond donors (Lipinski definition) is 2. The Labute approximate surface area is 127 Å². The van der Waals surface area contributed by atoms with Crippen molar-refractivity contribution in [1.82, 2.24) is 4.90 Å². The lowest BCUT2D eigenvalue weighted by Crippen LogP contribution is -2.51. The lowest BCUT2D eigenvalue weighted by molar-refractivity contribution is -0.124. The molecule has 0 aliphatic carbocycles. The van der Waals surface area contributed by atoms with Crippen LogP contribution in [-0.4, -0.2) is 29.4 Å². The van der Waals surface area contributed by atoms with Gasteiger partial charge in [-0.3, -0.25) is 9.69 Å². The minimum Gasteiger partial charge on any atom is -0.369 e. The fourth-order valence-corrected chi connectivity index (χ4v) is 3.44. The number of piperidine rings is 1. The number of rotatable bonds is 4. The Hall–Kier alpha value is -1.39. The summed E-state index contributed by atoms with van der Waals surface area (Å²) in [5.74, 6) is -0.258. The van der Waals surface area contributed by atoms with Crippen molar-refractivity contribution >= 4 is 5.91 Å². The first-order chi connectivity index (χ1) is 9.91. The molecule has 4 heteroatoms. The normalized spacial score (nSPS) is 26.3. The predicted molar refractivity (Wildman–Crippen MR) is 85.7 cm³/mol. The average molecular weight is 289 g/mol. The highest BCUT2D eigenvalue weighted by molar-refractivity contribution is 5.77. The van der Waals surface area contributed by atoms with Gasteiger partial charge in [0.05, 0.1) is 12.0 Å². The highest BCUT2D eigenvalue weighted by atomic mass is 16.1. The molecular formula is C17H27N3O. The van der Waals surface area contributed by atoms with E-state index >= 15 is 0 Å². The second kappa shape index (κ2) is 6.58. The van der Waals surface area contributed by atoms with Crippen molar-refractivity contribution in [3.05, 3.63) is 35.4 Å². The molecule has 2 rings (SSSR count). The quantitative estimate of drug-likeness (QED) is 0.890. The molecule has 21 heavy (non-hydrogen) atoms. The number of nitrogens with two attached hydrogens (primary N) is 2. The molecule has 1 aromatic rings. The van der Waals surface area contributed by atoms with Gasteiger partial charge in [-0.15, -0.1) is 0 Å². The summed E-state index contributed by atoms with van der Waals surface area (Å²) in [4.78, 5) is 13.9. The standard InChI is InChI=1S/C17H27N3O/c1-11-6-4-5-7-15(11)16(13(3)18)20-10-14(17(19)21)9-8-12(20)2/h4-7,12-14,16H,8-10,18H2,1-3H3,(H2,19,21). The number of amides is 1. The van der Waals surface area contributed by atoms with Gasteiger partial charge in [-0.2, -0.15) is 0 Å². The molecule has 4 N–H and O–H groups in total. The van der Waals surface area contributed by atoms with Gasteiger partial charge in [0.25, 0.3) is 0 Å². The van der Waals surface area contributed by atoms with Gasteiger partial charge in [0, 0.05) is 18.6 Å². The third-order valence-corrected chi connectivity index (χ3v) is 4.70. The van der Waals surface area contributed by atoms with Gasteiger partial charge in [-0.1, -0.05) is 24.3 Å². The molecule has 1 saturated heterocycles.